The van der Waals surface area contributed by atoms with E-state index in [0.29, 0.717) is 22.7 Å². The molecule has 0 aromatic heterocycles. The maximum absolute atomic E-state index is 6.26. The van der Waals surface area contributed by atoms with E-state index in [1.165, 1.54) is 12.8 Å². The Morgan fingerprint density at radius 1 is 1.10 bits per heavy atom. The summed E-state index contributed by atoms with van der Waals surface area (Å²) in [6.07, 6.45) is 4.65. The van der Waals surface area contributed by atoms with Gasteiger partial charge in [-0.15, -0.1) is 0 Å². The summed E-state index contributed by atoms with van der Waals surface area (Å²) in [4.78, 5) is 2.32. The largest absolute Gasteiger partial charge is 0.448 e. The first-order chi connectivity index (χ1) is 9.90. The zero-order valence-corrected chi connectivity index (χ0v) is 14.0. The Labute approximate surface area is 132 Å². The van der Waals surface area contributed by atoms with Crippen molar-refractivity contribution in [3.8, 4) is 11.5 Å². The standard InChI is InChI=1S/C17H24ClNO2/c1-11-5-10-14(18)16-15(11)20-17(2,21-16)12-6-8-13(9-7-12)19(3)4/h5,10,12-13H,6-9H2,1-4H3/t12-,13-,17-/m1/s1. The van der Waals surface area contributed by atoms with Crippen molar-refractivity contribution >= 4 is 11.6 Å². The number of benzene rings is 1. The summed E-state index contributed by atoms with van der Waals surface area (Å²) in [6.45, 7) is 4.09. The van der Waals surface area contributed by atoms with Crippen LogP contribution in [0.5, 0.6) is 11.5 Å². The van der Waals surface area contributed by atoms with E-state index in [-0.39, 0.29) is 0 Å². The maximum atomic E-state index is 6.26. The molecule has 1 aromatic rings. The number of hydrogen-bond donors (Lipinski definition) is 0. The molecule has 3 rings (SSSR count). The molecule has 1 atom stereocenters. The van der Waals surface area contributed by atoms with Gasteiger partial charge >= 0.3 is 0 Å². The van der Waals surface area contributed by atoms with Crippen molar-refractivity contribution < 1.29 is 9.47 Å². The van der Waals surface area contributed by atoms with Gasteiger partial charge in [-0.1, -0.05) is 17.7 Å². The van der Waals surface area contributed by atoms with E-state index in [0.717, 1.165) is 24.2 Å². The monoisotopic (exact) mass is 309 g/mol. The fourth-order valence-electron chi connectivity index (χ4n) is 3.57. The van der Waals surface area contributed by atoms with Gasteiger partial charge < -0.3 is 14.4 Å². The summed E-state index contributed by atoms with van der Waals surface area (Å²) in [6, 6.07) is 4.55. The summed E-state index contributed by atoms with van der Waals surface area (Å²) < 4.78 is 12.4. The molecule has 1 aliphatic heterocycles. The Bertz CT molecular complexity index is 505. The molecule has 0 unspecified atom stereocenters. The van der Waals surface area contributed by atoms with E-state index in [4.69, 9.17) is 21.1 Å². The number of nitrogens with zero attached hydrogens (tertiary/aromatic N) is 1. The number of aryl methyl sites for hydroxylation is 1. The Morgan fingerprint density at radius 2 is 1.71 bits per heavy atom. The minimum Gasteiger partial charge on any atom is -0.448 e. The number of ether oxygens (including phenoxy) is 2. The van der Waals surface area contributed by atoms with E-state index in [1.807, 2.05) is 19.1 Å². The van der Waals surface area contributed by atoms with Gasteiger partial charge in [-0.25, -0.2) is 0 Å². The van der Waals surface area contributed by atoms with E-state index in [9.17, 15) is 0 Å². The molecule has 0 amide bonds. The van der Waals surface area contributed by atoms with Gasteiger partial charge in [-0.3, -0.25) is 0 Å². The molecular formula is C17H24ClNO2. The van der Waals surface area contributed by atoms with Crippen molar-refractivity contribution in [3.63, 3.8) is 0 Å². The summed E-state index contributed by atoms with van der Waals surface area (Å²) in [5.41, 5.74) is 1.08. The third-order valence-corrected chi connectivity index (χ3v) is 5.34. The van der Waals surface area contributed by atoms with Gasteiger partial charge in [0.2, 0.25) is 0 Å². The molecule has 3 nitrogen and oxygen atoms in total. The average molecular weight is 310 g/mol. The first kappa shape index (κ1) is 15.0. The van der Waals surface area contributed by atoms with E-state index >= 15 is 0 Å². The summed E-state index contributed by atoms with van der Waals surface area (Å²) in [5.74, 6) is 1.38. The predicted molar refractivity (Wildman–Crippen MR) is 85.3 cm³/mol. The molecule has 0 saturated heterocycles. The van der Waals surface area contributed by atoms with Gasteiger partial charge in [0.05, 0.1) is 5.02 Å². The maximum Gasteiger partial charge on any atom is 0.251 e. The highest BCUT2D eigenvalue weighted by molar-refractivity contribution is 6.32. The average Bonchev–Trinajstić information content (AvgIpc) is 2.84. The first-order valence-corrected chi connectivity index (χ1v) is 8.12. The molecule has 1 heterocycles. The zero-order valence-electron chi connectivity index (χ0n) is 13.3. The summed E-state index contributed by atoms with van der Waals surface area (Å²) in [7, 11) is 4.32. The summed E-state index contributed by atoms with van der Waals surface area (Å²) >= 11 is 6.26. The van der Waals surface area contributed by atoms with E-state index < -0.39 is 5.79 Å². The molecule has 0 bridgehead atoms. The second kappa shape index (κ2) is 5.36. The number of fused-ring (bicyclic) bond motifs is 1. The van der Waals surface area contributed by atoms with E-state index in [2.05, 4.69) is 25.9 Å². The topological polar surface area (TPSA) is 21.7 Å². The molecule has 0 N–H and O–H groups in total. The highest BCUT2D eigenvalue weighted by Crippen LogP contribution is 2.50. The Balaban J connectivity index is 1.76. The Hall–Kier alpha value is -0.930. The Morgan fingerprint density at radius 3 is 2.29 bits per heavy atom. The smallest absolute Gasteiger partial charge is 0.251 e. The van der Waals surface area contributed by atoms with Crippen LogP contribution in [0.15, 0.2) is 12.1 Å². The number of rotatable bonds is 2. The summed E-state index contributed by atoms with van der Waals surface area (Å²) in [5, 5.41) is 0.640. The van der Waals surface area contributed by atoms with Crippen LogP contribution in [-0.4, -0.2) is 30.8 Å². The van der Waals surface area contributed by atoms with E-state index in [1.54, 1.807) is 0 Å². The minimum atomic E-state index is -0.574. The van der Waals surface area contributed by atoms with Crippen LogP contribution in [0.4, 0.5) is 0 Å². The van der Waals surface area contributed by atoms with Crippen LogP contribution < -0.4 is 9.47 Å². The molecule has 0 spiro atoms. The van der Waals surface area contributed by atoms with Crippen molar-refractivity contribution in [2.24, 2.45) is 5.92 Å². The Kier molecular flexibility index (Phi) is 3.83. The third kappa shape index (κ3) is 2.62. The normalized spacial score (nSPS) is 31.7. The van der Waals surface area contributed by atoms with Crippen molar-refractivity contribution in [2.75, 3.05) is 14.1 Å². The fourth-order valence-corrected chi connectivity index (χ4v) is 3.76. The van der Waals surface area contributed by atoms with Crippen LogP contribution in [0.1, 0.15) is 38.2 Å². The van der Waals surface area contributed by atoms with Crippen LogP contribution in [0.3, 0.4) is 0 Å². The SMILES string of the molecule is Cc1ccc(Cl)c2c1O[C@@](C)([C@H]1CC[C@H](N(C)C)CC1)O2. The van der Waals surface area contributed by atoms with Crippen LogP contribution in [-0.2, 0) is 0 Å². The van der Waals surface area contributed by atoms with Crippen LogP contribution in [0.25, 0.3) is 0 Å². The van der Waals surface area contributed by atoms with Gasteiger partial charge in [0.15, 0.2) is 11.5 Å². The second-order valence-corrected chi connectivity index (χ2v) is 7.12. The number of halogens is 1. The van der Waals surface area contributed by atoms with Crippen molar-refractivity contribution in [2.45, 2.75) is 51.4 Å². The quantitative estimate of drug-likeness (QED) is 0.815. The lowest BCUT2D eigenvalue weighted by molar-refractivity contribution is -0.123. The van der Waals surface area contributed by atoms with Crippen molar-refractivity contribution in [3.05, 3.63) is 22.7 Å². The second-order valence-electron chi connectivity index (χ2n) is 6.71. The third-order valence-electron chi connectivity index (χ3n) is 5.04. The van der Waals surface area contributed by atoms with Gasteiger partial charge in [-0.2, -0.15) is 0 Å². The fraction of sp³-hybridized carbons (Fsp3) is 0.647. The molecular weight excluding hydrogens is 286 g/mol. The molecule has 116 valence electrons. The first-order valence-electron chi connectivity index (χ1n) is 7.74. The molecule has 1 fully saturated rings. The molecule has 0 radical (unpaired) electrons. The van der Waals surface area contributed by atoms with Gasteiger partial charge in [0, 0.05) is 18.9 Å². The van der Waals surface area contributed by atoms with Gasteiger partial charge in [-0.05, 0) is 58.3 Å². The molecule has 2 aliphatic rings. The zero-order chi connectivity index (χ0) is 15.2. The van der Waals surface area contributed by atoms with Crippen LogP contribution in [0.2, 0.25) is 5.02 Å². The molecule has 1 saturated carbocycles. The lowest BCUT2D eigenvalue weighted by Gasteiger charge is -2.39. The van der Waals surface area contributed by atoms with Crippen molar-refractivity contribution in [1.29, 1.82) is 0 Å². The highest BCUT2D eigenvalue weighted by atomic mass is 35.5. The van der Waals surface area contributed by atoms with Gasteiger partial charge in [0.1, 0.15) is 0 Å². The molecule has 21 heavy (non-hydrogen) atoms. The molecule has 4 heteroatoms. The van der Waals surface area contributed by atoms with Crippen molar-refractivity contribution in [1.82, 2.24) is 4.90 Å². The molecule has 1 aromatic carbocycles. The lowest BCUT2D eigenvalue weighted by atomic mass is 9.81. The predicted octanol–water partition coefficient (Wildman–Crippen LogP) is 4.26. The van der Waals surface area contributed by atoms with Crippen LogP contribution in [0, 0.1) is 12.8 Å². The highest BCUT2D eigenvalue weighted by Gasteiger charge is 2.46. The molecule has 1 aliphatic carbocycles. The lowest BCUT2D eigenvalue weighted by Crippen LogP contribution is -2.46. The van der Waals surface area contributed by atoms with Crippen LogP contribution >= 0.6 is 11.6 Å². The minimum absolute atomic E-state index is 0.413. The van der Waals surface area contributed by atoms with Gasteiger partial charge in [0.25, 0.3) is 5.79 Å². The number of hydrogen-bond acceptors (Lipinski definition) is 3.